The van der Waals surface area contributed by atoms with Crippen LogP contribution in [-0.2, 0) is 16.4 Å². The van der Waals surface area contributed by atoms with Crippen LogP contribution in [0.5, 0.6) is 0 Å². The first-order valence-electron chi connectivity index (χ1n) is 7.55. The predicted molar refractivity (Wildman–Crippen MR) is 94.5 cm³/mol. The first-order chi connectivity index (χ1) is 12.0. The molecule has 1 amide bonds. The maximum atomic E-state index is 12.6. The van der Waals surface area contributed by atoms with Crippen molar-refractivity contribution in [3.8, 4) is 0 Å². The van der Waals surface area contributed by atoms with E-state index < -0.39 is 31.4 Å². The van der Waals surface area contributed by atoms with Crippen molar-refractivity contribution in [2.75, 3.05) is 7.05 Å². The van der Waals surface area contributed by atoms with E-state index in [2.05, 4.69) is 10.2 Å². The van der Waals surface area contributed by atoms with Crippen molar-refractivity contribution >= 4 is 33.2 Å². The van der Waals surface area contributed by atoms with Crippen LogP contribution >= 0.6 is 11.6 Å². The Kier molecular flexibility index (Phi) is 5.67. The highest BCUT2D eigenvalue weighted by Gasteiger charge is 2.30. The molecule has 1 heterocycles. The van der Waals surface area contributed by atoms with Crippen molar-refractivity contribution in [1.82, 2.24) is 14.5 Å². The number of halogens is 1. The second kappa shape index (κ2) is 7.42. The highest BCUT2D eigenvalue weighted by Crippen LogP contribution is 2.28. The molecule has 0 radical (unpaired) electrons. The van der Waals surface area contributed by atoms with Gasteiger partial charge in [-0.1, -0.05) is 25.4 Å². The van der Waals surface area contributed by atoms with Crippen LogP contribution in [-0.4, -0.2) is 40.8 Å². The van der Waals surface area contributed by atoms with Crippen molar-refractivity contribution in [3.63, 3.8) is 0 Å². The monoisotopic (exact) mass is 400 g/mol. The lowest BCUT2D eigenvalue weighted by molar-refractivity contribution is -0.384. The Bertz CT molecular complexity index is 955. The Labute approximate surface area is 155 Å². The highest BCUT2D eigenvalue weighted by atomic mass is 35.5. The maximum Gasteiger partial charge on any atom is 0.289 e. The maximum absolute atomic E-state index is 12.6. The van der Waals surface area contributed by atoms with Crippen LogP contribution in [0.3, 0.4) is 0 Å². The average Bonchev–Trinajstić information content (AvgIpc) is 3.01. The zero-order valence-electron chi connectivity index (χ0n) is 14.3. The van der Waals surface area contributed by atoms with Gasteiger partial charge in [0.05, 0.1) is 9.82 Å². The van der Waals surface area contributed by atoms with E-state index in [-0.39, 0.29) is 10.7 Å². The number of sulfonamides is 1. The van der Waals surface area contributed by atoms with Crippen LogP contribution in [0.4, 0.5) is 5.69 Å². The number of amides is 1. The minimum absolute atomic E-state index is 0.0600. The van der Waals surface area contributed by atoms with E-state index >= 15 is 0 Å². The van der Waals surface area contributed by atoms with Crippen LogP contribution in [0.1, 0.15) is 30.0 Å². The first kappa shape index (κ1) is 19.9. The number of hydrogen-bond acceptors (Lipinski definition) is 6. The van der Waals surface area contributed by atoms with Gasteiger partial charge in [-0.05, 0) is 30.5 Å². The highest BCUT2D eigenvalue weighted by molar-refractivity contribution is 7.89. The molecular formula is C15H17ClN4O5S. The summed E-state index contributed by atoms with van der Waals surface area (Å²) in [6, 6.07) is 4.50. The Morgan fingerprint density at radius 1 is 1.38 bits per heavy atom. The fraction of sp³-hybridized carbons (Fsp3) is 0.333. The van der Waals surface area contributed by atoms with Gasteiger partial charge in [0, 0.05) is 18.8 Å². The molecule has 2 aromatic rings. The number of aromatic amines is 1. The molecule has 0 aliphatic heterocycles. The number of H-pyrrole nitrogens is 1. The first-order valence-corrected chi connectivity index (χ1v) is 9.37. The number of nitrogens with zero attached hydrogens (tertiary/aromatic N) is 3. The summed E-state index contributed by atoms with van der Waals surface area (Å²) >= 11 is 5.69. The molecule has 140 valence electrons. The van der Waals surface area contributed by atoms with Crippen molar-refractivity contribution < 1.29 is 18.1 Å². The number of aromatic nitrogens is 2. The van der Waals surface area contributed by atoms with Crippen LogP contribution in [0, 0.1) is 16.0 Å². The summed E-state index contributed by atoms with van der Waals surface area (Å²) in [5.74, 6) is -0.525. The van der Waals surface area contributed by atoms with E-state index in [4.69, 9.17) is 11.6 Å². The summed E-state index contributed by atoms with van der Waals surface area (Å²) in [5, 5.41) is 17.3. The lowest BCUT2D eigenvalue weighted by Gasteiger charge is -2.16. The number of carbonyl (C=O) groups excluding carboxylic acids is 1. The SMILES string of the molecule is CC(C)Cc1cc(C(=O)N(C)S(=O)(=O)c2ccc(Cl)c([N+](=O)[O-])c2)n[nH]1. The van der Waals surface area contributed by atoms with Crippen LogP contribution in [0.25, 0.3) is 0 Å². The van der Waals surface area contributed by atoms with Gasteiger partial charge in [-0.3, -0.25) is 20.0 Å². The molecule has 0 atom stereocenters. The van der Waals surface area contributed by atoms with Gasteiger partial charge >= 0.3 is 0 Å². The molecular weight excluding hydrogens is 384 g/mol. The predicted octanol–water partition coefficient (Wildman–Crippen LogP) is 2.63. The molecule has 0 bridgehead atoms. The van der Waals surface area contributed by atoms with Gasteiger partial charge < -0.3 is 0 Å². The molecule has 1 aromatic carbocycles. The zero-order valence-corrected chi connectivity index (χ0v) is 15.8. The third-order valence-corrected chi connectivity index (χ3v) is 5.59. The molecule has 2 rings (SSSR count). The van der Waals surface area contributed by atoms with Gasteiger partial charge in [0.15, 0.2) is 5.69 Å². The van der Waals surface area contributed by atoms with Crippen LogP contribution in [0.2, 0.25) is 5.02 Å². The third kappa shape index (κ3) is 4.02. The Morgan fingerprint density at radius 2 is 2.04 bits per heavy atom. The largest absolute Gasteiger partial charge is 0.289 e. The molecule has 11 heteroatoms. The molecule has 9 nitrogen and oxygen atoms in total. The fourth-order valence-electron chi connectivity index (χ4n) is 2.24. The van der Waals surface area contributed by atoms with E-state index in [9.17, 15) is 23.3 Å². The second-order valence-corrected chi connectivity index (χ2v) is 8.40. The van der Waals surface area contributed by atoms with Crippen LogP contribution < -0.4 is 0 Å². The summed E-state index contributed by atoms with van der Waals surface area (Å²) in [7, 11) is -3.24. The molecule has 26 heavy (non-hydrogen) atoms. The Hall–Kier alpha value is -2.46. The number of nitrogens with one attached hydrogen (secondary N) is 1. The molecule has 0 aliphatic rings. The lowest BCUT2D eigenvalue weighted by atomic mass is 10.1. The molecule has 1 N–H and O–H groups in total. The minimum atomic E-state index is -4.31. The standard InChI is InChI=1S/C15H17ClN4O5S/c1-9(2)6-10-7-13(18-17-10)15(21)19(3)26(24,25)11-4-5-12(16)14(8-11)20(22)23/h4-5,7-9H,6H2,1-3H3,(H,17,18). The van der Waals surface area contributed by atoms with E-state index in [0.29, 0.717) is 22.3 Å². The molecule has 1 aromatic heterocycles. The van der Waals surface area contributed by atoms with E-state index in [1.807, 2.05) is 13.8 Å². The molecule has 0 unspecified atom stereocenters. The van der Waals surface area contributed by atoms with Gasteiger partial charge in [-0.15, -0.1) is 0 Å². The van der Waals surface area contributed by atoms with Gasteiger partial charge in [0.25, 0.3) is 21.6 Å². The Morgan fingerprint density at radius 3 is 2.62 bits per heavy atom. The summed E-state index contributed by atoms with van der Waals surface area (Å²) in [6.45, 7) is 3.98. The van der Waals surface area contributed by atoms with Gasteiger partial charge in [0.2, 0.25) is 0 Å². The lowest BCUT2D eigenvalue weighted by Crippen LogP contribution is -2.33. The number of carbonyl (C=O) groups is 1. The van der Waals surface area contributed by atoms with Gasteiger partial charge in [-0.25, -0.2) is 12.7 Å². The number of nitro benzene ring substituents is 1. The van der Waals surface area contributed by atoms with Crippen molar-refractivity contribution in [2.24, 2.45) is 5.92 Å². The number of nitro groups is 1. The summed E-state index contributed by atoms with van der Waals surface area (Å²) in [5.41, 5.74) is 0.0825. The molecule has 0 saturated heterocycles. The molecule has 0 aliphatic carbocycles. The summed E-state index contributed by atoms with van der Waals surface area (Å²) in [6.07, 6.45) is 0.653. The number of benzene rings is 1. The normalized spacial score (nSPS) is 11.6. The van der Waals surface area contributed by atoms with Crippen molar-refractivity contribution in [1.29, 1.82) is 0 Å². The third-order valence-electron chi connectivity index (χ3n) is 3.54. The zero-order chi connectivity index (χ0) is 19.6. The van der Waals surface area contributed by atoms with E-state index in [1.165, 1.54) is 6.07 Å². The molecule has 0 fully saturated rings. The van der Waals surface area contributed by atoms with Crippen molar-refractivity contribution in [2.45, 2.75) is 25.2 Å². The Balaban J connectivity index is 2.34. The smallest absolute Gasteiger partial charge is 0.282 e. The van der Waals surface area contributed by atoms with Crippen LogP contribution in [0.15, 0.2) is 29.2 Å². The van der Waals surface area contributed by atoms with E-state index in [0.717, 1.165) is 25.2 Å². The van der Waals surface area contributed by atoms with E-state index in [1.54, 1.807) is 0 Å². The second-order valence-electron chi connectivity index (χ2n) is 6.02. The molecule has 0 saturated carbocycles. The van der Waals surface area contributed by atoms with Gasteiger partial charge in [0.1, 0.15) is 5.02 Å². The number of hydrogen-bond donors (Lipinski definition) is 1. The summed E-state index contributed by atoms with van der Waals surface area (Å²) < 4.78 is 25.7. The van der Waals surface area contributed by atoms with Gasteiger partial charge in [-0.2, -0.15) is 5.10 Å². The fourth-order valence-corrected chi connectivity index (χ4v) is 3.55. The average molecular weight is 401 g/mol. The molecule has 0 spiro atoms. The topological polar surface area (TPSA) is 126 Å². The summed E-state index contributed by atoms with van der Waals surface area (Å²) in [4.78, 5) is 22.2. The van der Waals surface area contributed by atoms with Crippen molar-refractivity contribution in [3.05, 3.63) is 50.8 Å². The number of rotatable bonds is 6. The quantitative estimate of drug-likeness (QED) is 0.586. The minimum Gasteiger partial charge on any atom is -0.282 e.